The minimum absolute atomic E-state index is 0.102. The first-order valence-electron chi connectivity index (χ1n) is 13.0. The van der Waals surface area contributed by atoms with Gasteiger partial charge in [-0.25, -0.2) is 13.5 Å². The van der Waals surface area contributed by atoms with Crippen molar-refractivity contribution in [3.63, 3.8) is 0 Å². The first kappa shape index (κ1) is 26.0. The molecule has 198 valence electrons. The second-order valence-corrected chi connectivity index (χ2v) is 11.7. The summed E-state index contributed by atoms with van der Waals surface area (Å²) in [6, 6.07) is 11.1. The molecule has 1 N–H and O–H groups in total. The number of alkyl halides is 3. The van der Waals surface area contributed by atoms with Crippen LogP contribution in [-0.2, 0) is 30.3 Å². The van der Waals surface area contributed by atoms with Crippen molar-refractivity contribution in [1.82, 2.24) is 14.3 Å². The van der Waals surface area contributed by atoms with E-state index in [4.69, 9.17) is 0 Å². The molecule has 3 aromatic rings. The molecule has 0 amide bonds. The van der Waals surface area contributed by atoms with Gasteiger partial charge in [-0.05, 0) is 67.1 Å². The summed E-state index contributed by atoms with van der Waals surface area (Å²) in [6.45, 7) is 3.75. The van der Waals surface area contributed by atoms with E-state index in [1.54, 1.807) is 6.33 Å². The number of halogens is 3. The number of benzene rings is 2. The highest BCUT2D eigenvalue weighted by Gasteiger charge is 2.34. The van der Waals surface area contributed by atoms with Crippen molar-refractivity contribution in [1.29, 1.82) is 0 Å². The van der Waals surface area contributed by atoms with Gasteiger partial charge in [0.05, 0.1) is 29.0 Å². The first-order valence-corrected chi connectivity index (χ1v) is 14.1. The Morgan fingerprint density at radius 2 is 1.84 bits per heavy atom. The number of nitrogens with one attached hydrogen (secondary N) is 1. The van der Waals surface area contributed by atoms with Crippen LogP contribution in [0.1, 0.15) is 60.9 Å². The Balaban J connectivity index is 1.48. The summed E-state index contributed by atoms with van der Waals surface area (Å²) >= 11 is 0. The van der Waals surface area contributed by atoms with Gasteiger partial charge in [-0.1, -0.05) is 37.8 Å². The minimum atomic E-state index is -4.42. The number of nitrogens with zero attached hydrogens (tertiary/aromatic N) is 3. The molecule has 2 atom stereocenters. The molecule has 5 rings (SSSR count). The predicted molar refractivity (Wildman–Crippen MR) is 139 cm³/mol. The van der Waals surface area contributed by atoms with Gasteiger partial charge in [0.25, 0.3) is 0 Å². The van der Waals surface area contributed by atoms with Crippen LogP contribution in [0.5, 0.6) is 0 Å². The minimum Gasteiger partial charge on any atom is -0.361 e. The molecule has 1 aromatic heterocycles. The molecule has 5 nitrogen and oxygen atoms in total. The Kier molecular flexibility index (Phi) is 7.72. The van der Waals surface area contributed by atoms with Gasteiger partial charge in [0.2, 0.25) is 0 Å². The quantitative estimate of drug-likeness (QED) is 0.374. The number of hydrogen-bond acceptors (Lipinski definition) is 3. The van der Waals surface area contributed by atoms with Gasteiger partial charge >= 0.3 is 6.18 Å². The van der Waals surface area contributed by atoms with Crippen LogP contribution >= 0.6 is 0 Å². The van der Waals surface area contributed by atoms with E-state index in [1.807, 2.05) is 10.5 Å². The number of fused-ring (bicyclic) bond motifs is 1. The van der Waals surface area contributed by atoms with Crippen LogP contribution in [-0.4, -0.2) is 31.1 Å². The van der Waals surface area contributed by atoms with Gasteiger partial charge in [-0.15, -0.1) is 0 Å². The van der Waals surface area contributed by atoms with E-state index in [0.29, 0.717) is 24.5 Å². The normalized spacial score (nSPS) is 20.1. The highest BCUT2D eigenvalue weighted by Crippen LogP contribution is 2.37. The zero-order chi connectivity index (χ0) is 26.0. The van der Waals surface area contributed by atoms with Crippen LogP contribution in [0.3, 0.4) is 0 Å². The zero-order valence-electron chi connectivity index (χ0n) is 21.0. The third-order valence-electron chi connectivity index (χ3n) is 7.78. The highest BCUT2D eigenvalue weighted by molar-refractivity contribution is 7.82. The fraction of sp³-hybridized carbons (Fsp3) is 0.464. The lowest BCUT2D eigenvalue weighted by Crippen LogP contribution is -2.42. The fourth-order valence-corrected chi connectivity index (χ4v) is 6.93. The highest BCUT2D eigenvalue weighted by atomic mass is 32.2. The second-order valence-electron chi connectivity index (χ2n) is 10.3. The smallest absolute Gasteiger partial charge is 0.361 e. The number of aromatic amines is 1. The van der Waals surface area contributed by atoms with E-state index in [9.17, 15) is 17.4 Å². The zero-order valence-corrected chi connectivity index (χ0v) is 21.8. The monoisotopic (exact) mass is 530 g/mol. The Morgan fingerprint density at radius 1 is 1.08 bits per heavy atom. The molecule has 1 fully saturated rings. The average Bonchev–Trinajstić information content (AvgIpc) is 3.57. The first-order chi connectivity index (χ1) is 17.8. The van der Waals surface area contributed by atoms with Crippen LogP contribution in [0.15, 0.2) is 59.9 Å². The lowest BCUT2D eigenvalue weighted by atomic mass is 9.97. The molecule has 0 radical (unpaired) electrons. The van der Waals surface area contributed by atoms with Gasteiger partial charge in [0, 0.05) is 31.0 Å². The maximum Gasteiger partial charge on any atom is 0.416 e. The number of aromatic nitrogens is 2. The summed E-state index contributed by atoms with van der Waals surface area (Å²) in [6.07, 6.45) is 6.30. The summed E-state index contributed by atoms with van der Waals surface area (Å²) in [5.74, 6) is 0.725. The summed E-state index contributed by atoms with van der Waals surface area (Å²) in [4.78, 5) is 10.2. The third kappa shape index (κ3) is 5.93. The van der Waals surface area contributed by atoms with E-state index in [-0.39, 0.29) is 6.04 Å². The number of anilines is 1. The summed E-state index contributed by atoms with van der Waals surface area (Å²) in [7, 11) is -1.59. The molecule has 2 aliphatic rings. The summed E-state index contributed by atoms with van der Waals surface area (Å²) in [5, 5.41) is 0. The molecule has 9 heteroatoms. The molecule has 1 saturated carbocycles. The van der Waals surface area contributed by atoms with Crippen molar-refractivity contribution in [3.05, 3.63) is 77.4 Å². The van der Waals surface area contributed by atoms with Gasteiger partial charge in [-0.2, -0.15) is 13.2 Å². The molecule has 2 unspecified atom stereocenters. The number of aryl methyl sites for hydroxylation is 1. The van der Waals surface area contributed by atoms with Gasteiger partial charge in [0.15, 0.2) is 0 Å². The summed E-state index contributed by atoms with van der Waals surface area (Å²) in [5.41, 5.74) is 3.61. The van der Waals surface area contributed by atoms with Gasteiger partial charge in [-0.3, -0.25) is 0 Å². The number of rotatable bonds is 7. The van der Waals surface area contributed by atoms with Crippen molar-refractivity contribution in [2.24, 2.45) is 5.92 Å². The molecule has 1 aliphatic carbocycles. The second kappa shape index (κ2) is 11.0. The topological polar surface area (TPSA) is 52.2 Å². The Hall–Kier alpha value is -2.65. The molecule has 1 aliphatic heterocycles. The molecular weight excluding hydrogens is 497 g/mol. The standard InChI is InChI=1S/C28H33F3N4OS/c1-20-5-4-8-27-26(20)18-34(37(36)25-13-10-22(11-14-25)28(29,30)31)17-24(12-9-21-6-2-3-7-21)35(27)16-23-15-32-19-33-23/h4-5,8,10-11,13-15,19,21,24H,2-3,6-7,9,12,16-18H2,1H3,(H,32,33). The lowest BCUT2D eigenvalue weighted by molar-refractivity contribution is -0.137. The van der Waals surface area contributed by atoms with Crippen LogP contribution in [0, 0.1) is 12.8 Å². The maximum absolute atomic E-state index is 13.8. The molecule has 0 spiro atoms. The molecule has 37 heavy (non-hydrogen) atoms. The third-order valence-corrected chi connectivity index (χ3v) is 9.20. The van der Waals surface area contributed by atoms with Crippen LogP contribution in [0.25, 0.3) is 0 Å². The molecule has 0 bridgehead atoms. The van der Waals surface area contributed by atoms with Crippen molar-refractivity contribution < 1.29 is 17.4 Å². The number of H-pyrrole nitrogens is 1. The Morgan fingerprint density at radius 3 is 2.51 bits per heavy atom. The van der Waals surface area contributed by atoms with Crippen molar-refractivity contribution >= 4 is 16.7 Å². The van der Waals surface area contributed by atoms with Crippen LogP contribution in [0.4, 0.5) is 18.9 Å². The molecule has 2 heterocycles. The van der Waals surface area contributed by atoms with E-state index in [0.717, 1.165) is 53.4 Å². The number of imidazole rings is 1. The van der Waals surface area contributed by atoms with Crippen molar-refractivity contribution in [2.45, 2.75) is 75.7 Å². The number of hydrogen-bond donors (Lipinski definition) is 1. The SMILES string of the molecule is Cc1cccc2c1CN(S(=O)c1ccc(C(F)(F)F)cc1)CC(CCC1CCCC1)N2Cc1cnc[nH]1. The van der Waals surface area contributed by atoms with E-state index in [2.05, 4.69) is 40.0 Å². The fourth-order valence-electron chi connectivity index (χ4n) is 5.71. The Labute approximate surface area is 218 Å². The van der Waals surface area contributed by atoms with Crippen molar-refractivity contribution in [2.75, 3.05) is 11.4 Å². The molecule has 0 saturated heterocycles. The Bertz CT molecular complexity index is 1210. The van der Waals surface area contributed by atoms with E-state index in [1.165, 1.54) is 37.8 Å². The van der Waals surface area contributed by atoms with Crippen molar-refractivity contribution in [3.8, 4) is 0 Å². The van der Waals surface area contributed by atoms with Gasteiger partial charge in [0.1, 0.15) is 11.0 Å². The van der Waals surface area contributed by atoms with E-state index < -0.39 is 22.7 Å². The lowest BCUT2D eigenvalue weighted by Gasteiger charge is -2.34. The predicted octanol–water partition coefficient (Wildman–Crippen LogP) is 6.62. The molecule has 2 aromatic carbocycles. The largest absolute Gasteiger partial charge is 0.416 e. The summed E-state index contributed by atoms with van der Waals surface area (Å²) < 4.78 is 55.0. The van der Waals surface area contributed by atoms with Crippen LogP contribution in [0.2, 0.25) is 0 Å². The van der Waals surface area contributed by atoms with E-state index >= 15 is 0 Å². The molecular formula is C28H33F3N4OS. The average molecular weight is 531 g/mol. The maximum atomic E-state index is 13.8. The van der Waals surface area contributed by atoms with Crippen LogP contribution < -0.4 is 4.90 Å². The van der Waals surface area contributed by atoms with Gasteiger partial charge < -0.3 is 9.88 Å².